The van der Waals surface area contributed by atoms with Gasteiger partial charge in [-0.15, -0.1) is 0 Å². The molecule has 0 spiro atoms. The first-order valence-electron chi connectivity index (χ1n) is 9.29. The Morgan fingerprint density at radius 2 is 1.61 bits per heavy atom. The Morgan fingerprint density at radius 3 is 2.19 bits per heavy atom. The van der Waals surface area contributed by atoms with Crippen LogP contribution in [0.4, 0.5) is 5.69 Å². The summed E-state index contributed by atoms with van der Waals surface area (Å²) in [6.07, 6.45) is 0. The van der Waals surface area contributed by atoms with Gasteiger partial charge in [0, 0.05) is 19.2 Å². The molecule has 154 valence electrons. The second-order valence-electron chi connectivity index (χ2n) is 6.69. The molecule has 8 heteroatoms. The number of benzene rings is 3. The average molecular weight is 450 g/mol. The fourth-order valence-corrected chi connectivity index (χ4v) is 4.60. The van der Waals surface area contributed by atoms with Crippen LogP contribution in [0.15, 0.2) is 83.9 Å². The van der Waals surface area contributed by atoms with Gasteiger partial charge < -0.3 is 4.57 Å². The van der Waals surface area contributed by atoms with E-state index >= 15 is 0 Å². The van der Waals surface area contributed by atoms with Crippen molar-refractivity contribution in [1.29, 1.82) is 0 Å². The van der Waals surface area contributed by atoms with E-state index in [4.69, 9.17) is 11.6 Å². The van der Waals surface area contributed by atoms with Gasteiger partial charge in [0.25, 0.3) is 11.6 Å². The van der Waals surface area contributed by atoms with Crippen molar-refractivity contribution in [1.82, 2.24) is 4.57 Å². The largest absolute Gasteiger partial charge is 0.319 e. The van der Waals surface area contributed by atoms with Crippen molar-refractivity contribution in [3.05, 3.63) is 104 Å². The first-order valence-corrected chi connectivity index (χ1v) is 10.5. The topological polar surface area (TPSA) is 77.5 Å². The van der Waals surface area contributed by atoms with Crippen molar-refractivity contribution < 1.29 is 9.72 Å². The molecule has 0 atom stereocenters. The maximum absolute atomic E-state index is 12.8. The number of nitrogens with zero attached hydrogens (tertiary/aromatic N) is 3. The van der Waals surface area contributed by atoms with Gasteiger partial charge in [-0.25, -0.2) is 0 Å². The van der Waals surface area contributed by atoms with Crippen molar-refractivity contribution >= 4 is 34.5 Å². The molecule has 1 aromatic heterocycles. The standard InChI is InChI=1S/C23H16ClN3O3S/c1-26-20(15-8-4-2-5-9-15)21(16-10-6-3-7-11-16)31-23(26)25-22(28)18-13-12-17(27(29)30)14-19(18)24/h2-14H,1H3. The quantitative estimate of drug-likeness (QED) is 0.295. The lowest BCUT2D eigenvalue weighted by atomic mass is 10.1. The highest BCUT2D eigenvalue weighted by Crippen LogP contribution is 2.34. The van der Waals surface area contributed by atoms with Gasteiger partial charge in [-0.2, -0.15) is 4.99 Å². The Bertz CT molecular complexity index is 1350. The predicted molar refractivity (Wildman–Crippen MR) is 122 cm³/mol. The summed E-state index contributed by atoms with van der Waals surface area (Å²) in [5.74, 6) is -0.559. The van der Waals surface area contributed by atoms with E-state index in [0.29, 0.717) is 4.80 Å². The number of nitro groups is 1. The molecule has 0 saturated carbocycles. The van der Waals surface area contributed by atoms with E-state index in [1.165, 1.54) is 23.5 Å². The van der Waals surface area contributed by atoms with Gasteiger partial charge in [0.1, 0.15) is 0 Å². The van der Waals surface area contributed by atoms with Crippen LogP contribution in [0.2, 0.25) is 5.02 Å². The highest BCUT2D eigenvalue weighted by Gasteiger charge is 2.18. The number of halogens is 1. The van der Waals surface area contributed by atoms with E-state index < -0.39 is 10.8 Å². The third kappa shape index (κ3) is 4.19. The number of aromatic nitrogens is 1. The predicted octanol–water partition coefficient (Wildman–Crippen LogP) is 5.72. The second-order valence-corrected chi connectivity index (χ2v) is 8.08. The lowest BCUT2D eigenvalue weighted by Gasteiger charge is -2.07. The van der Waals surface area contributed by atoms with E-state index in [-0.39, 0.29) is 16.3 Å². The maximum atomic E-state index is 12.8. The molecule has 0 unspecified atom stereocenters. The Kier molecular flexibility index (Phi) is 5.79. The van der Waals surface area contributed by atoms with Crippen LogP contribution in [-0.2, 0) is 7.05 Å². The Balaban J connectivity index is 1.86. The van der Waals surface area contributed by atoms with Gasteiger partial charge in [0.15, 0.2) is 4.80 Å². The van der Waals surface area contributed by atoms with Crippen molar-refractivity contribution in [2.75, 3.05) is 0 Å². The highest BCUT2D eigenvalue weighted by atomic mass is 35.5. The van der Waals surface area contributed by atoms with Crippen LogP contribution in [0.1, 0.15) is 10.4 Å². The molecule has 0 bridgehead atoms. The molecule has 0 N–H and O–H groups in total. The van der Waals surface area contributed by atoms with E-state index in [1.54, 1.807) is 0 Å². The van der Waals surface area contributed by atoms with Gasteiger partial charge in [0.05, 0.1) is 26.1 Å². The van der Waals surface area contributed by atoms with Gasteiger partial charge in [-0.05, 0) is 17.2 Å². The minimum atomic E-state index is -0.561. The third-order valence-corrected chi connectivity index (χ3v) is 6.20. The van der Waals surface area contributed by atoms with Crippen LogP contribution in [0.25, 0.3) is 21.7 Å². The Hall–Kier alpha value is -3.55. The fourth-order valence-electron chi connectivity index (χ4n) is 3.20. The summed E-state index contributed by atoms with van der Waals surface area (Å²) in [4.78, 5) is 29.0. The number of carbonyl (C=O) groups excluding carboxylic acids is 1. The number of nitro benzene ring substituents is 1. The molecule has 6 nitrogen and oxygen atoms in total. The van der Waals surface area contributed by atoms with Gasteiger partial charge in [0.2, 0.25) is 0 Å². The number of hydrogen-bond donors (Lipinski definition) is 0. The molecule has 0 aliphatic rings. The van der Waals surface area contributed by atoms with E-state index in [1.807, 2.05) is 72.3 Å². The molecule has 0 radical (unpaired) electrons. The summed E-state index contributed by atoms with van der Waals surface area (Å²) in [7, 11) is 1.86. The summed E-state index contributed by atoms with van der Waals surface area (Å²) in [6, 6.07) is 23.5. The van der Waals surface area contributed by atoms with E-state index in [9.17, 15) is 14.9 Å². The molecule has 4 aromatic rings. The third-order valence-electron chi connectivity index (χ3n) is 4.71. The molecule has 1 amide bonds. The molecule has 0 aliphatic carbocycles. The molecule has 1 heterocycles. The first kappa shape index (κ1) is 20.7. The van der Waals surface area contributed by atoms with Crippen LogP contribution in [0.3, 0.4) is 0 Å². The van der Waals surface area contributed by atoms with Crippen LogP contribution < -0.4 is 4.80 Å². The molecular formula is C23H16ClN3O3S. The summed E-state index contributed by atoms with van der Waals surface area (Å²) in [5, 5.41) is 10.9. The minimum Gasteiger partial charge on any atom is -0.319 e. The molecule has 0 aliphatic heterocycles. The van der Waals surface area contributed by atoms with E-state index in [0.717, 1.165) is 27.8 Å². The monoisotopic (exact) mass is 449 g/mol. The van der Waals surface area contributed by atoms with Crippen molar-refractivity contribution in [3.63, 3.8) is 0 Å². The maximum Gasteiger partial charge on any atom is 0.281 e. The zero-order valence-corrected chi connectivity index (χ0v) is 17.9. The summed E-state index contributed by atoms with van der Waals surface area (Å²) in [5.41, 5.74) is 2.90. The fraction of sp³-hybridized carbons (Fsp3) is 0.0435. The number of carbonyl (C=O) groups is 1. The van der Waals surface area contributed by atoms with Gasteiger partial charge >= 0.3 is 0 Å². The normalized spacial score (nSPS) is 11.5. The van der Waals surface area contributed by atoms with Crippen molar-refractivity contribution in [3.8, 4) is 21.7 Å². The Morgan fingerprint density at radius 1 is 1.00 bits per heavy atom. The molecular weight excluding hydrogens is 434 g/mol. The van der Waals surface area contributed by atoms with Crippen LogP contribution in [-0.4, -0.2) is 15.4 Å². The number of rotatable bonds is 4. The minimum absolute atomic E-state index is 0.00581. The van der Waals surface area contributed by atoms with Gasteiger partial charge in [-0.1, -0.05) is 83.6 Å². The van der Waals surface area contributed by atoms with Crippen LogP contribution in [0.5, 0.6) is 0 Å². The smallest absolute Gasteiger partial charge is 0.281 e. The number of thiazole rings is 1. The first-order chi connectivity index (χ1) is 15.0. The van der Waals surface area contributed by atoms with Crippen LogP contribution >= 0.6 is 22.9 Å². The summed E-state index contributed by atoms with van der Waals surface area (Å²) < 4.78 is 1.87. The SMILES string of the molecule is Cn1c(-c2ccccc2)c(-c2ccccc2)sc1=NC(=O)c1ccc([N+](=O)[O-])cc1Cl. The summed E-state index contributed by atoms with van der Waals surface area (Å²) >= 11 is 7.51. The van der Waals surface area contributed by atoms with Gasteiger partial charge in [-0.3, -0.25) is 14.9 Å². The number of non-ortho nitro benzene ring substituents is 1. The number of amides is 1. The molecule has 0 saturated heterocycles. The van der Waals surface area contributed by atoms with E-state index in [2.05, 4.69) is 4.99 Å². The lowest BCUT2D eigenvalue weighted by Crippen LogP contribution is -2.14. The molecule has 3 aromatic carbocycles. The molecule has 4 rings (SSSR count). The highest BCUT2D eigenvalue weighted by molar-refractivity contribution is 7.13. The zero-order valence-electron chi connectivity index (χ0n) is 16.4. The second kappa shape index (κ2) is 8.67. The average Bonchev–Trinajstić information content (AvgIpc) is 3.10. The molecule has 0 fully saturated rings. The zero-order chi connectivity index (χ0) is 22.0. The van der Waals surface area contributed by atoms with Crippen LogP contribution in [0, 0.1) is 10.1 Å². The van der Waals surface area contributed by atoms with Crippen molar-refractivity contribution in [2.24, 2.45) is 12.0 Å². The molecule has 31 heavy (non-hydrogen) atoms. The summed E-state index contributed by atoms with van der Waals surface area (Å²) in [6.45, 7) is 0. The van der Waals surface area contributed by atoms with Crippen molar-refractivity contribution in [2.45, 2.75) is 0 Å². The number of hydrogen-bond acceptors (Lipinski definition) is 4. The Labute approximate surface area is 186 Å². The lowest BCUT2D eigenvalue weighted by molar-refractivity contribution is -0.384.